The van der Waals surface area contributed by atoms with Crippen LogP contribution in [0.4, 0.5) is 0 Å². The molecule has 0 heterocycles. The lowest BCUT2D eigenvalue weighted by molar-refractivity contribution is -0.137. The third-order valence-corrected chi connectivity index (χ3v) is 6.29. The van der Waals surface area contributed by atoms with Crippen LogP contribution in [0, 0.1) is 0 Å². The molecule has 0 rings (SSSR count). The van der Waals surface area contributed by atoms with E-state index in [9.17, 15) is 19.2 Å². The van der Waals surface area contributed by atoms with Crippen molar-refractivity contribution < 1.29 is 24.3 Å². The quantitative estimate of drug-likeness (QED) is 0.132. The molecule has 0 spiro atoms. The van der Waals surface area contributed by atoms with Crippen LogP contribution < -0.4 is 16.4 Å². The zero-order valence-electron chi connectivity index (χ0n) is 22.1. The van der Waals surface area contributed by atoms with Gasteiger partial charge in [-0.3, -0.25) is 19.2 Å². The monoisotopic (exact) mass is 497 g/mol. The second-order valence-electron chi connectivity index (χ2n) is 9.57. The van der Waals surface area contributed by atoms with Gasteiger partial charge in [0.15, 0.2) is 0 Å². The van der Waals surface area contributed by atoms with E-state index >= 15 is 0 Å². The number of amides is 3. The minimum atomic E-state index is -0.692. The van der Waals surface area contributed by atoms with E-state index in [0.717, 1.165) is 44.9 Å². The van der Waals surface area contributed by atoms with Gasteiger partial charge in [0.05, 0.1) is 0 Å². The fourth-order valence-corrected chi connectivity index (χ4v) is 4.06. The van der Waals surface area contributed by atoms with Gasteiger partial charge in [-0.2, -0.15) is 0 Å². The van der Waals surface area contributed by atoms with Crippen LogP contribution in [0.3, 0.4) is 0 Å². The molecule has 0 aromatic heterocycles. The number of hydrogen-bond donors (Lipinski definition) is 4. The SMILES string of the molecule is CCC(=O)NCCCC[C@H](NC(=O)CCCCCCCCCCCCCCCCC(=O)O)C(N)=O. The van der Waals surface area contributed by atoms with Gasteiger partial charge in [-0.25, -0.2) is 0 Å². The molecule has 8 heteroatoms. The lowest BCUT2D eigenvalue weighted by atomic mass is 10.0. The summed E-state index contributed by atoms with van der Waals surface area (Å²) in [5, 5.41) is 14.1. The Morgan fingerprint density at radius 2 is 1.11 bits per heavy atom. The van der Waals surface area contributed by atoms with E-state index in [1.807, 2.05) is 0 Å². The van der Waals surface area contributed by atoms with Crippen LogP contribution in [0.25, 0.3) is 0 Å². The van der Waals surface area contributed by atoms with Gasteiger partial charge in [0.25, 0.3) is 0 Å². The highest BCUT2D eigenvalue weighted by molar-refractivity contribution is 5.86. The number of carbonyl (C=O) groups is 4. The molecule has 0 aliphatic carbocycles. The van der Waals surface area contributed by atoms with Crippen molar-refractivity contribution in [3.8, 4) is 0 Å². The second kappa shape index (κ2) is 23.6. The van der Waals surface area contributed by atoms with E-state index in [1.165, 1.54) is 51.4 Å². The van der Waals surface area contributed by atoms with Crippen molar-refractivity contribution in [1.82, 2.24) is 10.6 Å². The molecule has 0 aromatic rings. The van der Waals surface area contributed by atoms with E-state index in [1.54, 1.807) is 6.92 Å². The van der Waals surface area contributed by atoms with E-state index in [0.29, 0.717) is 38.6 Å². The van der Waals surface area contributed by atoms with Crippen LogP contribution in [0.5, 0.6) is 0 Å². The number of rotatable bonds is 25. The fraction of sp³-hybridized carbons (Fsp3) is 0.852. The number of primary amides is 1. The summed E-state index contributed by atoms with van der Waals surface area (Å²) in [6.45, 7) is 2.38. The smallest absolute Gasteiger partial charge is 0.303 e. The highest BCUT2D eigenvalue weighted by atomic mass is 16.4. The van der Waals surface area contributed by atoms with Crippen molar-refractivity contribution in [3.63, 3.8) is 0 Å². The highest BCUT2D eigenvalue weighted by Crippen LogP contribution is 2.14. The Hall–Kier alpha value is -2.12. The van der Waals surface area contributed by atoms with Crippen LogP contribution in [0.2, 0.25) is 0 Å². The van der Waals surface area contributed by atoms with E-state index < -0.39 is 17.9 Å². The Bertz CT molecular complexity index is 583. The van der Waals surface area contributed by atoms with Crippen molar-refractivity contribution in [1.29, 1.82) is 0 Å². The number of carboxylic acid groups (broad SMARTS) is 1. The fourth-order valence-electron chi connectivity index (χ4n) is 4.06. The number of unbranched alkanes of at least 4 members (excludes halogenated alkanes) is 14. The number of hydrogen-bond acceptors (Lipinski definition) is 4. The maximum absolute atomic E-state index is 12.1. The van der Waals surface area contributed by atoms with Crippen LogP contribution in [-0.4, -0.2) is 41.4 Å². The van der Waals surface area contributed by atoms with Crippen LogP contribution >= 0.6 is 0 Å². The van der Waals surface area contributed by atoms with Crippen molar-refractivity contribution >= 4 is 23.7 Å². The Balaban J connectivity index is 3.53. The largest absolute Gasteiger partial charge is 0.481 e. The van der Waals surface area contributed by atoms with Crippen LogP contribution in [-0.2, 0) is 19.2 Å². The van der Waals surface area contributed by atoms with Gasteiger partial charge < -0.3 is 21.5 Å². The normalized spacial score (nSPS) is 11.7. The lowest BCUT2D eigenvalue weighted by Gasteiger charge is -2.15. The lowest BCUT2D eigenvalue weighted by Crippen LogP contribution is -2.44. The standard InChI is InChI=1S/C27H51N3O5/c1-2-24(31)29-22-18-17-19-23(27(28)35)30-25(32)20-15-13-11-9-7-5-3-4-6-8-10-12-14-16-21-26(33)34/h23H,2-22H2,1H3,(H2,28,35)(H,29,31)(H,30,32)(H,33,34)/t23-/m0/s1. The predicted octanol–water partition coefficient (Wildman–Crippen LogP) is 4.98. The number of aliphatic carboxylic acids is 1. The summed E-state index contributed by atoms with van der Waals surface area (Å²) < 4.78 is 0. The van der Waals surface area contributed by atoms with Gasteiger partial charge in [0, 0.05) is 25.8 Å². The summed E-state index contributed by atoms with van der Waals surface area (Å²) >= 11 is 0. The molecule has 0 aliphatic rings. The Kier molecular flexibility index (Phi) is 22.2. The molecular weight excluding hydrogens is 446 g/mol. The molecule has 0 fully saturated rings. The summed E-state index contributed by atoms with van der Waals surface area (Å²) in [6, 6.07) is -0.638. The summed E-state index contributed by atoms with van der Waals surface area (Å²) in [4.78, 5) is 45.4. The molecular formula is C27H51N3O5. The summed E-state index contributed by atoms with van der Waals surface area (Å²) in [5.41, 5.74) is 5.42. The van der Waals surface area contributed by atoms with E-state index in [2.05, 4.69) is 10.6 Å². The first-order chi connectivity index (χ1) is 16.9. The Morgan fingerprint density at radius 3 is 1.54 bits per heavy atom. The molecule has 8 nitrogen and oxygen atoms in total. The van der Waals surface area contributed by atoms with Gasteiger partial charge in [-0.05, 0) is 32.1 Å². The van der Waals surface area contributed by atoms with E-state index in [-0.39, 0.29) is 11.8 Å². The summed E-state index contributed by atoms with van der Waals surface area (Å²) in [6.07, 6.45) is 19.1. The zero-order chi connectivity index (χ0) is 26.2. The van der Waals surface area contributed by atoms with Crippen molar-refractivity contribution in [2.75, 3.05) is 6.54 Å². The van der Waals surface area contributed by atoms with Gasteiger partial charge >= 0.3 is 5.97 Å². The van der Waals surface area contributed by atoms with Crippen molar-refractivity contribution in [3.05, 3.63) is 0 Å². The van der Waals surface area contributed by atoms with Gasteiger partial charge in [-0.1, -0.05) is 84.0 Å². The molecule has 3 amide bonds. The van der Waals surface area contributed by atoms with Crippen molar-refractivity contribution in [2.45, 2.75) is 141 Å². The number of carboxylic acids is 1. The third kappa shape index (κ3) is 23.4. The van der Waals surface area contributed by atoms with Gasteiger partial charge in [0.2, 0.25) is 17.7 Å². The molecule has 5 N–H and O–H groups in total. The summed E-state index contributed by atoms with van der Waals surface area (Å²) in [7, 11) is 0. The first-order valence-corrected chi connectivity index (χ1v) is 13.9. The first-order valence-electron chi connectivity index (χ1n) is 13.9. The molecule has 0 bridgehead atoms. The maximum Gasteiger partial charge on any atom is 0.303 e. The second-order valence-corrected chi connectivity index (χ2v) is 9.57. The third-order valence-electron chi connectivity index (χ3n) is 6.29. The molecule has 0 saturated carbocycles. The highest BCUT2D eigenvalue weighted by Gasteiger charge is 2.17. The number of nitrogens with one attached hydrogen (secondary N) is 2. The molecule has 0 aromatic carbocycles. The van der Waals surface area contributed by atoms with Crippen LogP contribution in [0.1, 0.15) is 135 Å². The minimum Gasteiger partial charge on any atom is -0.481 e. The average molecular weight is 498 g/mol. The maximum atomic E-state index is 12.1. The Morgan fingerprint density at radius 1 is 0.657 bits per heavy atom. The minimum absolute atomic E-state index is 0.0134. The number of nitrogens with two attached hydrogens (primary N) is 1. The Labute approximate surface area is 212 Å². The molecule has 35 heavy (non-hydrogen) atoms. The molecule has 0 aliphatic heterocycles. The van der Waals surface area contributed by atoms with E-state index in [4.69, 9.17) is 10.8 Å². The van der Waals surface area contributed by atoms with Gasteiger partial charge in [-0.15, -0.1) is 0 Å². The topological polar surface area (TPSA) is 139 Å². The first kappa shape index (κ1) is 32.9. The molecule has 0 saturated heterocycles. The molecule has 0 unspecified atom stereocenters. The van der Waals surface area contributed by atoms with Crippen molar-refractivity contribution in [2.24, 2.45) is 5.73 Å². The van der Waals surface area contributed by atoms with Gasteiger partial charge in [0.1, 0.15) is 6.04 Å². The zero-order valence-corrected chi connectivity index (χ0v) is 22.1. The molecule has 0 radical (unpaired) electrons. The summed E-state index contributed by atoms with van der Waals surface area (Å²) in [5.74, 6) is -1.30. The number of carbonyl (C=O) groups excluding carboxylic acids is 3. The molecule has 204 valence electrons. The predicted molar refractivity (Wildman–Crippen MR) is 140 cm³/mol. The molecule has 1 atom stereocenters. The van der Waals surface area contributed by atoms with Crippen LogP contribution in [0.15, 0.2) is 0 Å². The average Bonchev–Trinajstić information content (AvgIpc) is 2.82.